The van der Waals surface area contributed by atoms with E-state index in [0.29, 0.717) is 5.54 Å². The Kier molecular flexibility index (Phi) is 7.92. The first-order valence-electron chi connectivity index (χ1n) is 8.16. The Hall–Kier alpha value is -0.0800. The molecule has 2 heteroatoms. The number of hydrogen-bond donors (Lipinski definition) is 1. The fraction of sp³-hybridized carbons (Fsp3) is 1.00. The van der Waals surface area contributed by atoms with Gasteiger partial charge in [-0.05, 0) is 32.9 Å². The molecule has 1 aliphatic rings. The molecule has 0 unspecified atom stereocenters. The van der Waals surface area contributed by atoms with Crippen LogP contribution in [0.25, 0.3) is 0 Å². The summed E-state index contributed by atoms with van der Waals surface area (Å²) in [5, 5.41) is 0. The van der Waals surface area contributed by atoms with Crippen molar-refractivity contribution in [2.75, 3.05) is 20.1 Å². The number of unbranched alkanes of at least 4 members (excludes halogenated alkanes) is 5. The van der Waals surface area contributed by atoms with Crippen molar-refractivity contribution >= 4 is 0 Å². The third-order valence-corrected chi connectivity index (χ3v) is 4.82. The van der Waals surface area contributed by atoms with Gasteiger partial charge in [-0.2, -0.15) is 0 Å². The third kappa shape index (κ3) is 4.89. The van der Waals surface area contributed by atoms with Gasteiger partial charge in [0.05, 0.1) is 0 Å². The van der Waals surface area contributed by atoms with Gasteiger partial charge in [-0.15, -0.1) is 0 Å². The van der Waals surface area contributed by atoms with Crippen molar-refractivity contribution in [3.05, 3.63) is 0 Å². The second-order valence-corrected chi connectivity index (χ2v) is 6.18. The molecule has 0 heterocycles. The Morgan fingerprint density at radius 2 is 1.56 bits per heavy atom. The molecule has 0 aromatic rings. The second kappa shape index (κ2) is 8.92. The fourth-order valence-electron chi connectivity index (χ4n) is 3.32. The van der Waals surface area contributed by atoms with Gasteiger partial charge < -0.3 is 5.73 Å². The van der Waals surface area contributed by atoms with E-state index in [-0.39, 0.29) is 0 Å². The number of hydrogen-bond acceptors (Lipinski definition) is 2. The van der Waals surface area contributed by atoms with Crippen molar-refractivity contribution in [3.63, 3.8) is 0 Å². The largest absolute Gasteiger partial charge is 0.329 e. The highest BCUT2D eigenvalue weighted by molar-refractivity contribution is 4.92. The zero-order chi connectivity index (χ0) is 13.3. The molecule has 0 radical (unpaired) electrons. The van der Waals surface area contributed by atoms with Crippen LogP contribution in [0.15, 0.2) is 0 Å². The van der Waals surface area contributed by atoms with Crippen LogP contribution in [0.5, 0.6) is 0 Å². The van der Waals surface area contributed by atoms with Crippen LogP contribution in [0.2, 0.25) is 0 Å². The molecule has 1 rings (SSSR count). The monoisotopic (exact) mass is 254 g/mol. The number of likely N-dealkylation sites (N-methyl/N-ethyl adjacent to an activating group) is 1. The second-order valence-electron chi connectivity index (χ2n) is 6.18. The molecule has 1 fully saturated rings. The summed E-state index contributed by atoms with van der Waals surface area (Å²) in [6.45, 7) is 4.37. The van der Waals surface area contributed by atoms with E-state index in [0.717, 1.165) is 6.54 Å². The van der Waals surface area contributed by atoms with E-state index in [1.165, 1.54) is 77.2 Å². The molecule has 0 saturated heterocycles. The highest BCUT2D eigenvalue weighted by Crippen LogP contribution is 2.32. The summed E-state index contributed by atoms with van der Waals surface area (Å²) in [7, 11) is 2.30. The smallest absolute Gasteiger partial charge is 0.0328 e. The molecule has 1 saturated carbocycles. The zero-order valence-electron chi connectivity index (χ0n) is 12.7. The van der Waals surface area contributed by atoms with Crippen LogP contribution in [-0.2, 0) is 0 Å². The first kappa shape index (κ1) is 16.0. The van der Waals surface area contributed by atoms with E-state index in [1.54, 1.807) is 0 Å². The van der Waals surface area contributed by atoms with Crippen molar-refractivity contribution in [1.29, 1.82) is 0 Å². The molecule has 108 valence electrons. The van der Waals surface area contributed by atoms with Gasteiger partial charge in [0.2, 0.25) is 0 Å². The maximum absolute atomic E-state index is 6.07. The minimum atomic E-state index is 0.335. The number of nitrogens with zero attached hydrogens (tertiary/aromatic N) is 1. The van der Waals surface area contributed by atoms with Crippen LogP contribution in [0.1, 0.15) is 77.6 Å². The zero-order valence-corrected chi connectivity index (χ0v) is 12.7. The quantitative estimate of drug-likeness (QED) is 0.631. The van der Waals surface area contributed by atoms with E-state index >= 15 is 0 Å². The highest BCUT2D eigenvalue weighted by atomic mass is 15.2. The van der Waals surface area contributed by atoms with Gasteiger partial charge in [-0.3, -0.25) is 4.90 Å². The van der Waals surface area contributed by atoms with E-state index < -0.39 is 0 Å². The van der Waals surface area contributed by atoms with Gasteiger partial charge in [0, 0.05) is 12.1 Å². The molecule has 0 bridgehead atoms. The molecule has 1 aliphatic carbocycles. The van der Waals surface area contributed by atoms with Crippen LogP contribution in [0.4, 0.5) is 0 Å². The van der Waals surface area contributed by atoms with Crippen molar-refractivity contribution in [1.82, 2.24) is 4.90 Å². The molecule has 2 N–H and O–H groups in total. The normalized spacial score (nSPS) is 19.3. The van der Waals surface area contributed by atoms with Crippen molar-refractivity contribution < 1.29 is 0 Å². The van der Waals surface area contributed by atoms with Crippen LogP contribution in [0, 0.1) is 0 Å². The summed E-state index contributed by atoms with van der Waals surface area (Å²) in [5.74, 6) is 0. The average molecular weight is 254 g/mol. The molecular weight excluding hydrogens is 220 g/mol. The van der Waals surface area contributed by atoms with Crippen LogP contribution in [-0.4, -0.2) is 30.6 Å². The van der Waals surface area contributed by atoms with Gasteiger partial charge in [0.25, 0.3) is 0 Å². The Bertz CT molecular complexity index is 197. The lowest BCUT2D eigenvalue weighted by Crippen LogP contribution is -2.53. The SMILES string of the molecule is CCCCCCCCN(C)C1(CN)CCCCC1. The molecule has 0 amide bonds. The van der Waals surface area contributed by atoms with Crippen LogP contribution < -0.4 is 5.73 Å². The summed E-state index contributed by atoms with van der Waals surface area (Å²) in [4.78, 5) is 2.58. The lowest BCUT2D eigenvalue weighted by Gasteiger charge is -2.44. The van der Waals surface area contributed by atoms with Crippen LogP contribution >= 0.6 is 0 Å². The molecular formula is C16H34N2. The number of nitrogens with two attached hydrogens (primary N) is 1. The van der Waals surface area contributed by atoms with Gasteiger partial charge in [-0.1, -0.05) is 58.3 Å². The Morgan fingerprint density at radius 3 is 2.17 bits per heavy atom. The Morgan fingerprint density at radius 1 is 0.944 bits per heavy atom. The standard InChI is InChI=1S/C16H34N2/c1-3-4-5-6-7-11-14-18(2)16(15-17)12-9-8-10-13-16/h3-15,17H2,1-2H3. The summed E-state index contributed by atoms with van der Waals surface area (Å²) in [6.07, 6.45) is 15.1. The molecule has 0 aromatic heterocycles. The predicted octanol–water partition coefficient (Wildman–Crippen LogP) is 3.94. The Labute approximate surface area is 114 Å². The summed E-state index contributed by atoms with van der Waals surface area (Å²) < 4.78 is 0. The molecule has 18 heavy (non-hydrogen) atoms. The van der Waals surface area contributed by atoms with Gasteiger partial charge >= 0.3 is 0 Å². The maximum Gasteiger partial charge on any atom is 0.0328 e. The first-order chi connectivity index (χ1) is 8.75. The Balaban J connectivity index is 2.19. The predicted molar refractivity (Wildman–Crippen MR) is 80.9 cm³/mol. The molecule has 0 spiro atoms. The third-order valence-electron chi connectivity index (χ3n) is 4.82. The van der Waals surface area contributed by atoms with Crippen molar-refractivity contribution in [2.45, 2.75) is 83.1 Å². The van der Waals surface area contributed by atoms with Crippen LogP contribution in [0.3, 0.4) is 0 Å². The van der Waals surface area contributed by atoms with E-state index in [4.69, 9.17) is 5.73 Å². The molecule has 0 atom stereocenters. The fourth-order valence-corrected chi connectivity index (χ4v) is 3.32. The van der Waals surface area contributed by atoms with E-state index in [9.17, 15) is 0 Å². The van der Waals surface area contributed by atoms with Gasteiger partial charge in [0.15, 0.2) is 0 Å². The van der Waals surface area contributed by atoms with E-state index in [2.05, 4.69) is 18.9 Å². The van der Waals surface area contributed by atoms with E-state index in [1.807, 2.05) is 0 Å². The van der Waals surface area contributed by atoms with Crippen molar-refractivity contribution in [2.24, 2.45) is 5.73 Å². The molecule has 0 aromatic carbocycles. The first-order valence-corrected chi connectivity index (χ1v) is 8.16. The van der Waals surface area contributed by atoms with Gasteiger partial charge in [0.1, 0.15) is 0 Å². The summed E-state index contributed by atoms with van der Waals surface area (Å²) >= 11 is 0. The minimum Gasteiger partial charge on any atom is -0.329 e. The molecule has 2 nitrogen and oxygen atoms in total. The lowest BCUT2D eigenvalue weighted by atomic mass is 9.80. The maximum atomic E-state index is 6.07. The van der Waals surface area contributed by atoms with Gasteiger partial charge in [-0.25, -0.2) is 0 Å². The summed E-state index contributed by atoms with van der Waals surface area (Å²) in [6, 6.07) is 0. The van der Waals surface area contributed by atoms with Crippen molar-refractivity contribution in [3.8, 4) is 0 Å². The number of rotatable bonds is 9. The highest BCUT2D eigenvalue weighted by Gasteiger charge is 2.33. The minimum absolute atomic E-state index is 0.335. The summed E-state index contributed by atoms with van der Waals surface area (Å²) in [5.41, 5.74) is 6.40. The lowest BCUT2D eigenvalue weighted by molar-refractivity contribution is 0.0809. The topological polar surface area (TPSA) is 29.3 Å². The average Bonchev–Trinajstić information content (AvgIpc) is 2.43. The molecule has 0 aliphatic heterocycles.